The van der Waals surface area contributed by atoms with Gasteiger partial charge in [0.2, 0.25) is 0 Å². The van der Waals surface area contributed by atoms with E-state index in [2.05, 4.69) is 11.4 Å². The Morgan fingerprint density at radius 2 is 2.06 bits per heavy atom. The van der Waals surface area contributed by atoms with E-state index in [0.717, 1.165) is 27.0 Å². The molecule has 1 N–H and O–H groups in total. The predicted molar refractivity (Wildman–Crippen MR) is 77.2 cm³/mol. The van der Waals surface area contributed by atoms with Crippen molar-refractivity contribution >= 4 is 32.8 Å². The van der Waals surface area contributed by atoms with Crippen LogP contribution in [0.2, 0.25) is 0 Å². The van der Waals surface area contributed by atoms with Crippen molar-refractivity contribution in [2.75, 3.05) is 7.11 Å². The van der Waals surface area contributed by atoms with Crippen LogP contribution in [0.1, 0.15) is 11.1 Å². The molecule has 0 fully saturated rings. The quantitative estimate of drug-likeness (QED) is 0.774. The molecule has 3 aromatic rings. The third-order valence-electron chi connectivity index (χ3n) is 2.99. The van der Waals surface area contributed by atoms with Crippen LogP contribution in [0.15, 0.2) is 34.3 Å². The van der Waals surface area contributed by atoms with Gasteiger partial charge in [-0.05, 0) is 28.5 Å². The van der Waals surface area contributed by atoms with Crippen LogP contribution in [0.25, 0.3) is 10.1 Å². The third kappa shape index (κ3) is 1.87. The molecule has 2 heterocycles. The number of rotatable bonds is 3. The van der Waals surface area contributed by atoms with Gasteiger partial charge in [-0.1, -0.05) is 6.07 Å². The van der Waals surface area contributed by atoms with Gasteiger partial charge in [-0.2, -0.15) is 0 Å². The number of methoxy groups -OCH3 is 1. The summed E-state index contributed by atoms with van der Waals surface area (Å²) < 4.78 is 6.42. The van der Waals surface area contributed by atoms with Crippen LogP contribution in [-0.2, 0) is 6.42 Å². The highest BCUT2D eigenvalue weighted by Gasteiger charge is 2.11. The van der Waals surface area contributed by atoms with Crippen LogP contribution >= 0.6 is 22.7 Å². The topological polar surface area (TPSA) is 29.5 Å². The van der Waals surface area contributed by atoms with Crippen molar-refractivity contribution in [2.45, 2.75) is 6.42 Å². The molecule has 0 aliphatic heterocycles. The normalized spacial score (nSPS) is 10.9. The van der Waals surface area contributed by atoms with Gasteiger partial charge in [0.25, 0.3) is 0 Å². The Morgan fingerprint density at radius 1 is 1.17 bits per heavy atom. The molecule has 0 aliphatic rings. The second-order valence-electron chi connectivity index (χ2n) is 4.05. The van der Waals surface area contributed by atoms with Crippen LogP contribution < -0.4 is 4.74 Å². The predicted octanol–water partition coefficient (Wildman–Crippen LogP) is 4.27. The maximum absolute atomic E-state index is 10.3. The molecule has 1 aromatic carbocycles. The summed E-state index contributed by atoms with van der Waals surface area (Å²) in [6.45, 7) is 0. The van der Waals surface area contributed by atoms with E-state index in [-0.39, 0.29) is 0 Å². The highest BCUT2D eigenvalue weighted by atomic mass is 32.1. The molecule has 2 nitrogen and oxygen atoms in total. The Morgan fingerprint density at radius 3 is 2.89 bits per heavy atom. The zero-order valence-electron chi connectivity index (χ0n) is 9.84. The lowest BCUT2D eigenvalue weighted by Gasteiger charge is -2.06. The van der Waals surface area contributed by atoms with Crippen molar-refractivity contribution in [3.05, 3.63) is 45.5 Å². The summed E-state index contributed by atoms with van der Waals surface area (Å²) in [4.78, 5) is 0. The summed E-state index contributed by atoms with van der Waals surface area (Å²) in [6, 6.07) is 6.02. The van der Waals surface area contributed by atoms with E-state index in [1.807, 2.05) is 22.9 Å². The van der Waals surface area contributed by atoms with Gasteiger partial charge in [0.15, 0.2) is 0 Å². The van der Waals surface area contributed by atoms with Crippen molar-refractivity contribution < 1.29 is 9.84 Å². The molecule has 18 heavy (non-hydrogen) atoms. The number of phenolic OH excluding ortho intramolecular Hbond substituents is 1. The fourth-order valence-electron chi connectivity index (χ4n) is 2.04. The Kier molecular flexibility index (Phi) is 2.97. The lowest BCUT2D eigenvalue weighted by molar-refractivity contribution is 0.412. The second-order valence-corrected chi connectivity index (χ2v) is 5.74. The van der Waals surface area contributed by atoms with Gasteiger partial charge in [-0.3, -0.25) is 0 Å². The molecular weight excluding hydrogens is 264 g/mol. The summed E-state index contributed by atoms with van der Waals surface area (Å²) in [6.07, 6.45) is 0.699. The van der Waals surface area contributed by atoms with Gasteiger partial charge in [0.05, 0.1) is 7.11 Å². The van der Waals surface area contributed by atoms with Crippen molar-refractivity contribution in [1.82, 2.24) is 0 Å². The summed E-state index contributed by atoms with van der Waals surface area (Å²) in [7, 11) is 1.67. The summed E-state index contributed by atoms with van der Waals surface area (Å²) in [5, 5.41) is 17.3. The Balaban J connectivity index is 2.02. The average Bonchev–Trinajstić information content (AvgIpc) is 3.01. The number of hydrogen-bond acceptors (Lipinski definition) is 4. The molecule has 92 valence electrons. The van der Waals surface area contributed by atoms with Crippen molar-refractivity contribution in [1.29, 1.82) is 0 Å². The number of benzene rings is 1. The molecule has 0 saturated carbocycles. The number of phenols is 1. The van der Waals surface area contributed by atoms with Gasteiger partial charge < -0.3 is 9.84 Å². The number of thiophene rings is 2. The molecule has 4 heteroatoms. The number of hydrogen-bond donors (Lipinski definition) is 1. The summed E-state index contributed by atoms with van der Waals surface area (Å²) >= 11 is 3.26. The largest absolute Gasteiger partial charge is 0.507 e. The van der Waals surface area contributed by atoms with Crippen LogP contribution in [0.3, 0.4) is 0 Å². The molecule has 0 bridgehead atoms. The first-order valence-electron chi connectivity index (χ1n) is 5.56. The average molecular weight is 276 g/mol. The van der Waals surface area contributed by atoms with Crippen molar-refractivity contribution in [2.24, 2.45) is 0 Å². The van der Waals surface area contributed by atoms with Crippen molar-refractivity contribution in [3.63, 3.8) is 0 Å². The van der Waals surface area contributed by atoms with Gasteiger partial charge in [-0.25, -0.2) is 0 Å². The summed E-state index contributed by atoms with van der Waals surface area (Å²) in [5.41, 5.74) is 2.06. The van der Waals surface area contributed by atoms with E-state index in [1.165, 1.54) is 0 Å². The Hall–Kier alpha value is -1.52. The SMILES string of the molecule is COc1cscc1Cc1ccc2sccc2c1O. The second kappa shape index (κ2) is 4.63. The van der Waals surface area contributed by atoms with E-state index >= 15 is 0 Å². The van der Waals surface area contributed by atoms with Gasteiger partial charge >= 0.3 is 0 Å². The number of ether oxygens (including phenoxy) is 1. The Bertz CT molecular complexity index is 682. The van der Waals surface area contributed by atoms with E-state index in [0.29, 0.717) is 12.2 Å². The fraction of sp³-hybridized carbons (Fsp3) is 0.143. The zero-order valence-corrected chi connectivity index (χ0v) is 11.5. The molecule has 2 aromatic heterocycles. The van der Waals surface area contributed by atoms with Gasteiger partial charge in [-0.15, -0.1) is 22.7 Å². The molecule has 3 rings (SSSR count). The first kappa shape index (κ1) is 11.6. The van der Waals surface area contributed by atoms with Crippen molar-refractivity contribution in [3.8, 4) is 11.5 Å². The monoisotopic (exact) mass is 276 g/mol. The molecule has 0 unspecified atom stereocenters. The molecule has 0 spiro atoms. The van der Waals surface area contributed by atoms with Crippen LogP contribution in [-0.4, -0.2) is 12.2 Å². The minimum atomic E-state index is 0.391. The first-order chi connectivity index (χ1) is 8.79. The minimum Gasteiger partial charge on any atom is -0.507 e. The van der Waals surface area contributed by atoms with E-state index in [9.17, 15) is 5.11 Å². The minimum absolute atomic E-state index is 0.391. The fourth-order valence-corrected chi connectivity index (χ4v) is 3.63. The molecule has 0 saturated heterocycles. The van der Waals surface area contributed by atoms with E-state index in [4.69, 9.17) is 4.74 Å². The molecule has 0 radical (unpaired) electrons. The Labute approximate surface area is 113 Å². The lowest BCUT2D eigenvalue weighted by atomic mass is 10.0. The molecule has 0 aliphatic carbocycles. The highest BCUT2D eigenvalue weighted by Crippen LogP contribution is 2.35. The number of fused-ring (bicyclic) bond motifs is 1. The number of aromatic hydroxyl groups is 1. The smallest absolute Gasteiger partial charge is 0.133 e. The first-order valence-corrected chi connectivity index (χ1v) is 7.39. The van der Waals surface area contributed by atoms with Crippen LogP contribution in [0, 0.1) is 0 Å². The van der Waals surface area contributed by atoms with Gasteiger partial charge in [0.1, 0.15) is 11.5 Å². The molecule has 0 amide bonds. The van der Waals surface area contributed by atoms with Gasteiger partial charge in [0, 0.05) is 27.5 Å². The zero-order chi connectivity index (χ0) is 12.5. The third-order valence-corrected chi connectivity index (χ3v) is 4.65. The van der Waals surface area contributed by atoms with E-state index in [1.54, 1.807) is 29.8 Å². The standard InChI is InChI=1S/C14H12O2S2/c1-16-12-8-17-7-10(12)6-9-2-3-13-11(14(9)15)4-5-18-13/h2-5,7-8,15H,6H2,1H3. The molecular formula is C14H12O2S2. The summed E-state index contributed by atoms with van der Waals surface area (Å²) in [5.74, 6) is 1.28. The van der Waals surface area contributed by atoms with Crippen LogP contribution in [0.4, 0.5) is 0 Å². The van der Waals surface area contributed by atoms with Crippen LogP contribution in [0.5, 0.6) is 11.5 Å². The van der Waals surface area contributed by atoms with E-state index < -0.39 is 0 Å². The highest BCUT2D eigenvalue weighted by molar-refractivity contribution is 7.17. The molecule has 0 atom stereocenters. The maximum atomic E-state index is 10.3. The lowest BCUT2D eigenvalue weighted by Crippen LogP contribution is -1.90. The maximum Gasteiger partial charge on any atom is 0.133 e.